The van der Waals surface area contributed by atoms with Gasteiger partial charge in [-0.1, -0.05) is 24.3 Å². The Kier molecular flexibility index (Phi) is 7.04. The molecule has 3 aromatic carbocycles. The molecule has 7 heteroatoms. The molecule has 1 amide bonds. The number of benzene rings is 3. The average Bonchev–Trinajstić information content (AvgIpc) is 2.86. The summed E-state index contributed by atoms with van der Waals surface area (Å²) in [5, 5.41) is 10.5. The number of anilines is 1. The fourth-order valence-electron chi connectivity index (χ4n) is 4.21. The number of carbonyl (C=O) groups excluding carboxylic acids is 2. The van der Waals surface area contributed by atoms with E-state index in [9.17, 15) is 9.59 Å². The van der Waals surface area contributed by atoms with Gasteiger partial charge in [0, 0.05) is 23.9 Å². The first-order chi connectivity index (χ1) is 16.5. The van der Waals surface area contributed by atoms with E-state index in [-0.39, 0.29) is 18.5 Å². The standard InChI is InChI=1S/C27H27N3O4/c1-33-16-34-27(32)22-9-5-4-8-21(22)23-14-18-6-2-3-7-19(18)15-24(23)26(31)30-20-12-10-17(11-13-20)25(28)29/h4-5,8-15H,2-3,6-7,16H2,1H3,(H3,28,29)(H,30,31). The van der Waals surface area contributed by atoms with Crippen LogP contribution < -0.4 is 11.1 Å². The lowest BCUT2D eigenvalue weighted by Crippen LogP contribution is -2.17. The molecule has 0 spiro atoms. The SMILES string of the molecule is COCOC(=O)c1ccccc1-c1cc2c(cc1C(=O)Nc1ccc(C(=N)N)cc1)CCCC2. The van der Waals surface area contributed by atoms with E-state index in [1.54, 1.807) is 36.4 Å². The number of ether oxygens (including phenoxy) is 2. The van der Waals surface area contributed by atoms with E-state index in [4.69, 9.17) is 20.6 Å². The molecular weight excluding hydrogens is 430 g/mol. The maximum Gasteiger partial charge on any atom is 0.340 e. The second-order valence-electron chi connectivity index (χ2n) is 8.20. The maximum atomic E-state index is 13.5. The second-order valence-corrected chi connectivity index (χ2v) is 8.20. The van der Waals surface area contributed by atoms with Crippen LogP contribution in [0.1, 0.15) is 50.2 Å². The molecule has 7 nitrogen and oxygen atoms in total. The molecule has 34 heavy (non-hydrogen) atoms. The van der Waals surface area contributed by atoms with Crippen molar-refractivity contribution in [2.45, 2.75) is 25.7 Å². The van der Waals surface area contributed by atoms with E-state index in [0.29, 0.717) is 33.5 Å². The van der Waals surface area contributed by atoms with Crippen LogP contribution in [0.4, 0.5) is 5.69 Å². The number of nitrogens with one attached hydrogen (secondary N) is 2. The van der Waals surface area contributed by atoms with Crippen molar-refractivity contribution >= 4 is 23.4 Å². The Morgan fingerprint density at radius 2 is 1.62 bits per heavy atom. The molecule has 1 aliphatic carbocycles. The zero-order valence-corrected chi connectivity index (χ0v) is 19.0. The van der Waals surface area contributed by atoms with Crippen molar-refractivity contribution in [1.82, 2.24) is 0 Å². The van der Waals surface area contributed by atoms with Crippen LogP contribution in [-0.4, -0.2) is 31.6 Å². The number of aryl methyl sites for hydroxylation is 2. The van der Waals surface area contributed by atoms with Gasteiger partial charge >= 0.3 is 5.97 Å². The summed E-state index contributed by atoms with van der Waals surface area (Å²) < 4.78 is 10.1. The lowest BCUT2D eigenvalue weighted by Gasteiger charge is -2.21. The second kappa shape index (κ2) is 10.3. The Morgan fingerprint density at radius 3 is 2.29 bits per heavy atom. The zero-order chi connectivity index (χ0) is 24.1. The van der Waals surface area contributed by atoms with Crippen molar-refractivity contribution in [1.29, 1.82) is 5.41 Å². The van der Waals surface area contributed by atoms with Gasteiger partial charge in [0.15, 0.2) is 6.79 Å². The summed E-state index contributed by atoms with van der Waals surface area (Å²) in [6, 6.07) is 17.9. The molecule has 0 fully saturated rings. The third-order valence-electron chi connectivity index (χ3n) is 5.93. The Hall–Kier alpha value is -3.97. The first-order valence-electron chi connectivity index (χ1n) is 11.1. The van der Waals surface area contributed by atoms with Crippen LogP contribution in [0.25, 0.3) is 11.1 Å². The topological polar surface area (TPSA) is 114 Å². The van der Waals surface area contributed by atoms with Crippen molar-refractivity contribution < 1.29 is 19.1 Å². The van der Waals surface area contributed by atoms with E-state index in [1.165, 1.54) is 12.7 Å². The number of nitrogens with two attached hydrogens (primary N) is 1. The number of fused-ring (bicyclic) bond motifs is 1. The molecule has 0 aromatic heterocycles. The lowest BCUT2D eigenvalue weighted by molar-refractivity contribution is -0.0124. The highest BCUT2D eigenvalue weighted by Crippen LogP contribution is 2.34. The van der Waals surface area contributed by atoms with Crippen molar-refractivity contribution in [3.63, 3.8) is 0 Å². The molecule has 0 saturated heterocycles. The Morgan fingerprint density at radius 1 is 0.941 bits per heavy atom. The van der Waals surface area contributed by atoms with Gasteiger partial charge in [0.1, 0.15) is 5.84 Å². The normalized spacial score (nSPS) is 12.5. The van der Waals surface area contributed by atoms with Crippen molar-refractivity contribution in [3.05, 3.63) is 88.5 Å². The van der Waals surface area contributed by atoms with Gasteiger partial charge in [-0.25, -0.2) is 4.79 Å². The van der Waals surface area contributed by atoms with Gasteiger partial charge in [-0.05, 0) is 84.3 Å². The minimum Gasteiger partial charge on any atom is -0.435 e. The fraction of sp³-hybridized carbons (Fsp3) is 0.222. The van der Waals surface area contributed by atoms with Crippen LogP contribution in [0.2, 0.25) is 0 Å². The van der Waals surface area contributed by atoms with Crippen LogP contribution in [0, 0.1) is 5.41 Å². The molecule has 4 N–H and O–H groups in total. The molecule has 0 saturated carbocycles. The predicted molar refractivity (Wildman–Crippen MR) is 131 cm³/mol. The monoisotopic (exact) mass is 457 g/mol. The van der Waals surface area contributed by atoms with Gasteiger partial charge in [-0.3, -0.25) is 10.2 Å². The van der Waals surface area contributed by atoms with E-state index in [2.05, 4.69) is 5.32 Å². The van der Waals surface area contributed by atoms with Crippen molar-refractivity contribution in [2.75, 3.05) is 19.2 Å². The molecule has 0 atom stereocenters. The third-order valence-corrected chi connectivity index (χ3v) is 5.93. The number of rotatable bonds is 7. The van der Waals surface area contributed by atoms with E-state index in [0.717, 1.165) is 31.2 Å². The largest absolute Gasteiger partial charge is 0.435 e. The number of nitrogen functional groups attached to an aromatic ring is 1. The molecule has 0 bridgehead atoms. The predicted octanol–water partition coefficient (Wildman–Crippen LogP) is 4.53. The average molecular weight is 458 g/mol. The van der Waals surface area contributed by atoms with Gasteiger partial charge in [-0.15, -0.1) is 0 Å². The molecule has 0 radical (unpaired) electrons. The summed E-state index contributed by atoms with van der Waals surface area (Å²) in [6.07, 6.45) is 4.03. The number of hydrogen-bond acceptors (Lipinski definition) is 5. The fourth-order valence-corrected chi connectivity index (χ4v) is 4.21. The number of carbonyl (C=O) groups is 2. The molecule has 174 valence electrons. The molecule has 1 aliphatic rings. The number of amidine groups is 1. The zero-order valence-electron chi connectivity index (χ0n) is 19.0. The molecule has 0 heterocycles. The summed E-state index contributed by atoms with van der Waals surface area (Å²) in [5.41, 5.74) is 11.2. The van der Waals surface area contributed by atoms with Crippen molar-refractivity contribution in [2.24, 2.45) is 5.73 Å². The number of hydrogen-bond donors (Lipinski definition) is 3. The summed E-state index contributed by atoms with van der Waals surface area (Å²) in [7, 11) is 1.45. The molecule has 4 rings (SSSR count). The van der Waals surface area contributed by atoms with E-state index >= 15 is 0 Å². The smallest absolute Gasteiger partial charge is 0.340 e. The summed E-state index contributed by atoms with van der Waals surface area (Å²) in [5.74, 6) is -0.827. The Bertz CT molecular complexity index is 1240. The van der Waals surface area contributed by atoms with Crippen LogP contribution in [-0.2, 0) is 22.3 Å². The van der Waals surface area contributed by atoms with Gasteiger partial charge in [0.05, 0.1) is 5.56 Å². The van der Waals surface area contributed by atoms with Gasteiger partial charge < -0.3 is 20.5 Å². The minimum absolute atomic E-state index is 0.0354. The van der Waals surface area contributed by atoms with Gasteiger partial charge in [-0.2, -0.15) is 0 Å². The summed E-state index contributed by atoms with van der Waals surface area (Å²) in [6.45, 7) is -0.152. The highest BCUT2D eigenvalue weighted by Gasteiger charge is 2.22. The van der Waals surface area contributed by atoms with Gasteiger partial charge in [0.2, 0.25) is 0 Å². The van der Waals surface area contributed by atoms with Gasteiger partial charge in [0.25, 0.3) is 5.91 Å². The van der Waals surface area contributed by atoms with Crippen LogP contribution in [0.15, 0.2) is 60.7 Å². The highest BCUT2D eigenvalue weighted by atomic mass is 16.7. The number of amides is 1. The molecule has 0 aliphatic heterocycles. The first kappa shape index (κ1) is 23.2. The van der Waals surface area contributed by atoms with Crippen molar-refractivity contribution in [3.8, 4) is 11.1 Å². The first-order valence-corrected chi connectivity index (χ1v) is 11.1. The molecule has 3 aromatic rings. The van der Waals surface area contributed by atoms with Crippen LogP contribution in [0.3, 0.4) is 0 Å². The number of esters is 1. The highest BCUT2D eigenvalue weighted by molar-refractivity contribution is 6.11. The molecular formula is C27H27N3O4. The van der Waals surface area contributed by atoms with Crippen LogP contribution in [0.5, 0.6) is 0 Å². The van der Waals surface area contributed by atoms with Crippen LogP contribution >= 0.6 is 0 Å². The Balaban J connectivity index is 1.76. The van der Waals surface area contributed by atoms with E-state index < -0.39 is 5.97 Å². The maximum absolute atomic E-state index is 13.5. The lowest BCUT2D eigenvalue weighted by atomic mass is 9.85. The van der Waals surface area contributed by atoms with E-state index in [1.807, 2.05) is 24.3 Å². The Labute approximate surface area is 198 Å². The quantitative estimate of drug-likeness (QED) is 0.209. The minimum atomic E-state index is -0.513. The number of methoxy groups -OCH3 is 1. The third kappa shape index (κ3) is 5.00. The summed E-state index contributed by atoms with van der Waals surface area (Å²) in [4.78, 5) is 26.2. The molecule has 0 unspecified atom stereocenters. The summed E-state index contributed by atoms with van der Waals surface area (Å²) >= 11 is 0.